The van der Waals surface area contributed by atoms with E-state index in [-0.39, 0.29) is 17.8 Å². The van der Waals surface area contributed by atoms with Gasteiger partial charge in [0.25, 0.3) is 0 Å². The number of Topliss-reactive ketones (excluding diaryl/α,β-unsaturated/α-hetero) is 1. The van der Waals surface area contributed by atoms with E-state index in [9.17, 15) is 4.79 Å². The standard InChI is InChI=1S/C6H10O3/c1-4(6(8)9)3-5(2)7/h6,8-9H,1,3H2,2H3. The van der Waals surface area contributed by atoms with Crippen LogP contribution in [0.1, 0.15) is 13.3 Å². The molecule has 0 saturated heterocycles. The molecule has 9 heavy (non-hydrogen) atoms. The van der Waals surface area contributed by atoms with Gasteiger partial charge in [-0.15, -0.1) is 0 Å². The van der Waals surface area contributed by atoms with Crippen LogP contribution in [0.5, 0.6) is 0 Å². The van der Waals surface area contributed by atoms with Crippen LogP contribution in [0.25, 0.3) is 0 Å². The van der Waals surface area contributed by atoms with Crippen LogP contribution in [0.2, 0.25) is 0 Å². The van der Waals surface area contributed by atoms with Crippen molar-refractivity contribution < 1.29 is 15.0 Å². The van der Waals surface area contributed by atoms with E-state index < -0.39 is 6.29 Å². The van der Waals surface area contributed by atoms with Gasteiger partial charge in [0.1, 0.15) is 5.78 Å². The Morgan fingerprint density at radius 1 is 1.67 bits per heavy atom. The van der Waals surface area contributed by atoms with Crippen molar-refractivity contribution >= 4 is 5.78 Å². The summed E-state index contributed by atoms with van der Waals surface area (Å²) in [4.78, 5) is 10.3. The van der Waals surface area contributed by atoms with Gasteiger partial charge in [-0.25, -0.2) is 0 Å². The summed E-state index contributed by atoms with van der Waals surface area (Å²) in [6.07, 6.45) is -1.52. The van der Waals surface area contributed by atoms with Crippen molar-refractivity contribution in [2.24, 2.45) is 0 Å². The summed E-state index contributed by atoms with van der Waals surface area (Å²) in [5.41, 5.74) is 0.141. The molecule has 0 rings (SSSR count). The maximum atomic E-state index is 10.3. The van der Waals surface area contributed by atoms with Gasteiger partial charge >= 0.3 is 0 Å². The Morgan fingerprint density at radius 3 is 2.22 bits per heavy atom. The molecule has 0 atom stereocenters. The lowest BCUT2D eigenvalue weighted by atomic mass is 10.1. The first-order chi connectivity index (χ1) is 4.04. The molecule has 0 aromatic heterocycles. The molecule has 0 aromatic rings. The molecule has 3 heteroatoms. The zero-order valence-electron chi connectivity index (χ0n) is 5.29. The maximum absolute atomic E-state index is 10.3. The molecule has 0 unspecified atom stereocenters. The van der Waals surface area contributed by atoms with Crippen LogP contribution < -0.4 is 0 Å². The number of carbonyl (C=O) groups is 1. The molecule has 0 aliphatic rings. The number of carbonyl (C=O) groups excluding carboxylic acids is 1. The summed E-state index contributed by atoms with van der Waals surface area (Å²) < 4.78 is 0. The van der Waals surface area contributed by atoms with E-state index in [1.54, 1.807) is 0 Å². The van der Waals surface area contributed by atoms with Crippen LogP contribution in [0.3, 0.4) is 0 Å². The topological polar surface area (TPSA) is 57.5 Å². The van der Waals surface area contributed by atoms with E-state index in [0.29, 0.717) is 0 Å². The first kappa shape index (κ1) is 8.33. The molecule has 0 amide bonds. The third-order valence-electron chi connectivity index (χ3n) is 0.841. The monoisotopic (exact) mass is 130 g/mol. The third-order valence-corrected chi connectivity index (χ3v) is 0.841. The maximum Gasteiger partial charge on any atom is 0.174 e. The molecule has 3 nitrogen and oxygen atoms in total. The lowest BCUT2D eigenvalue weighted by molar-refractivity contribution is -0.117. The van der Waals surface area contributed by atoms with E-state index in [1.807, 2.05) is 0 Å². The van der Waals surface area contributed by atoms with Crippen molar-refractivity contribution in [3.63, 3.8) is 0 Å². The minimum Gasteiger partial charge on any atom is -0.365 e. The second-order valence-corrected chi connectivity index (χ2v) is 1.91. The van der Waals surface area contributed by atoms with E-state index >= 15 is 0 Å². The van der Waals surface area contributed by atoms with Crippen molar-refractivity contribution in [2.45, 2.75) is 19.6 Å². The molecule has 0 fully saturated rings. The average molecular weight is 130 g/mol. The van der Waals surface area contributed by atoms with Gasteiger partial charge < -0.3 is 10.2 Å². The zero-order chi connectivity index (χ0) is 7.44. The van der Waals surface area contributed by atoms with Crippen LogP contribution in [0, 0.1) is 0 Å². The third kappa shape index (κ3) is 3.88. The highest BCUT2D eigenvalue weighted by atomic mass is 16.5. The van der Waals surface area contributed by atoms with Gasteiger partial charge in [-0.05, 0) is 12.5 Å². The molecule has 0 bridgehead atoms. The SMILES string of the molecule is C=C(CC(C)=O)C(O)O. The van der Waals surface area contributed by atoms with Gasteiger partial charge in [-0.2, -0.15) is 0 Å². The van der Waals surface area contributed by atoms with E-state index in [0.717, 1.165) is 0 Å². The Labute approximate surface area is 53.6 Å². The fourth-order valence-electron chi connectivity index (χ4n) is 0.411. The van der Waals surface area contributed by atoms with Crippen molar-refractivity contribution in [3.8, 4) is 0 Å². The van der Waals surface area contributed by atoms with Crippen LogP contribution in [-0.4, -0.2) is 22.3 Å². The normalized spacial score (nSPS) is 9.78. The van der Waals surface area contributed by atoms with Crippen molar-refractivity contribution in [1.29, 1.82) is 0 Å². The molecule has 0 spiro atoms. The number of rotatable bonds is 3. The van der Waals surface area contributed by atoms with E-state index in [1.165, 1.54) is 6.92 Å². The predicted octanol–water partition coefficient (Wildman–Crippen LogP) is -0.168. The predicted molar refractivity (Wildman–Crippen MR) is 32.7 cm³/mol. The fraction of sp³-hybridized carbons (Fsp3) is 0.500. The largest absolute Gasteiger partial charge is 0.365 e. The summed E-state index contributed by atoms with van der Waals surface area (Å²) in [6.45, 7) is 4.64. The van der Waals surface area contributed by atoms with Gasteiger partial charge in [-0.1, -0.05) is 6.58 Å². The second-order valence-electron chi connectivity index (χ2n) is 1.91. The number of hydrogen-bond donors (Lipinski definition) is 2. The second kappa shape index (κ2) is 3.37. The van der Waals surface area contributed by atoms with Crippen molar-refractivity contribution in [3.05, 3.63) is 12.2 Å². The summed E-state index contributed by atoms with van der Waals surface area (Å²) in [7, 11) is 0. The summed E-state index contributed by atoms with van der Waals surface area (Å²) in [5.74, 6) is -0.117. The minimum atomic E-state index is -1.56. The molecule has 0 heterocycles. The Kier molecular flexibility index (Phi) is 3.12. The van der Waals surface area contributed by atoms with Gasteiger partial charge in [0, 0.05) is 6.42 Å². The minimum absolute atomic E-state index is 0.0394. The van der Waals surface area contributed by atoms with Crippen LogP contribution in [-0.2, 0) is 4.79 Å². The number of ketones is 1. The Balaban J connectivity index is 3.64. The number of aliphatic hydroxyl groups is 2. The Bertz CT molecular complexity index is 126. The molecule has 0 aliphatic carbocycles. The molecule has 52 valence electrons. The van der Waals surface area contributed by atoms with E-state index in [2.05, 4.69) is 6.58 Å². The van der Waals surface area contributed by atoms with Crippen molar-refractivity contribution in [2.75, 3.05) is 0 Å². The molecule has 0 radical (unpaired) electrons. The molecule has 0 saturated carbocycles. The highest BCUT2D eigenvalue weighted by molar-refractivity contribution is 5.78. The highest BCUT2D eigenvalue weighted by Gasteiger charge is 2.04. The first-order valence-electron chi connectivity index (χ1n) is 2.57. The molecule has 0 aromatic carbocycles. The first-order valence-corrected chi connectivity index (χ1v) is 2.57. The lowest BCUT2D eigenvalue weighted by Gasteiger charge is -2.03. The molecule has 0 aliphatic heterocycles. The smallest absolute Gasteiger partial charge is 0.174 e. The van der Waals surface area contributed by atoms with Crippen LogP contribution in [0.15, 0.2) is 12.2 Å². The van der Waals surface area contributed by atoms with Gasteiger partial charge in [-0.3, -0.25) is 4.79 Å². The van der Waals surface area contributed by atoms with Crippen LogP contribution >= 0.6 is 0 Å². The number of hydrogen-bond acceptors (Lipinski definition) is 3. The quantitative estimate of drug-likeness (QED) is 0.412. The van der Waals surface area contributed by atoms with E-state index in [4.69, 9.17) is 10.2 Å². The molecular weight excluding hydrogens is 120 g/mol. The van der Waals surface area contributed by atoms with Gasteiger partial charge in [0.05, 0.1) is 0 Å². The van der Waals surface area contributed by atoms with Crippen molar-refractivity contribution in [1.82, 2.24) is 0 Å². The summed E-state index contributed by atoms with van der Waals surface area (Å²) in [5, 5.41) is 16.7. The lowest BCUT2D eigenvalue weighted by Crippen LogP contribution is -2.09. The molecule has 2 N–H and O–H groups in total. The Morgan fingerprint density at radius 2 is 2.11 bits per heavy atom. The van der Waals surface area contributed by atoms with Gasteiger partial charge in [0.15, 0.2) is 6.29 Å². The van der Waals surface area contributed by atoms with Crippen LogP contribution in [0.4, 0.5) is 0 Å². The Hall–Kier alpha value is -0.670. The summed E-state index contributed by atoms with van der Waals surface area (Å²) in [6, 6.07) is 0. The zero-order valence-corrected chi connectivity index (χ0v) is 5.29. The fourth-order valence-corrected chi connectivity index (χ4v) is 0.411. The average Bonchev–Trinajstić information content (AvgIpc) is 1.63. The summed E-state index contributed by atoms with van der Waals surface area (Å²) >= 11 is 0. The van der Waals surface area contributed by atoms with Gasteiger partial charge in [0.2, 0.25) is 0 Å². The molecular formula is C6H10O3. The number of aliphatic hydroxyl groups excluding tert-OH is 1. The highest BCUT2D eigenvalue weighted by Crippen LogP contribution is 2.01.